The molecular weight excluding hydrogens is 296 g/mol. The molecule has 8 bridgehead atoms. The van der Waals surface area contributed by atoms with Gasteiger partial charge < -0.3 is 0 Å². The lowest BCUT2D eigenvalue weighted by Gasteiger charge is -2.55. The fraction of sp³-hybridized carbons (Fsp3) is 0.952. The third kappa shape index (κ3) is 2.15. The fourth-order valence-electron chi connectivity index (χ4n) is 8.69. The molecule has 0 saturated heterocycles. The second-order valence-corrected chi connectivity index (χ2v) is 10.5. The highest BCUT2D eigenvalue weighted by Crippen LogP contribution is 2.56. The second kappa shape index (κ2) is 5.22. The predicted molar refractivity (Wildman–Crippen MR) is 93.8 cm³/mol. The minimum absolute atomic E-state index is 0.374. The summed E-state index contributed by atoms with van der Waals surface area (Å²) in [5.41, 5.74) is 0. The molecule has 0 aliphatic heterocycles. The first-order valence-corrected chi connectivity index (χ1v) is 10.7. The molecule has 0 amide bonds. The summed E-state index contributed by atoms with van der Waals surface area (Å²) in [6, 6.07) is 0.891. The summed E-state index contributed by atoms with van der Waals surface area (Å²) in [6.45, 7) is 0. The van der Waals surface area contributed by atoms with Gasteiger partial charge in [0.25, 0.3) is 0 Å². The van der Waals surface area contributed by atoms with Crippen molar-refractivity contribution in [2.45, 2.75) is 76.3 Å². The van der Waals surface area contributed by atoms with Crippen molar-refractivity contribution in [1.82, 2.24) is 5.06 Å². The zero-order chi connectivity index (χ0) is 15.8. The summed E-state index contributed by atoms with van der Waals surface area (Å²) in [7, 11) is 0. The molecule has 132 valence electrons. The van der Waals surface area contributed by atoms with Gasteiger partial charge in [-0.2, -0.15) is 0 Å². The molecule has 8 rings (SSSR count). The number of rotatable bonds is 3. The summed E-state index contributed by atoms with van der Waals surface area (Å²) in [4.78, 5) is 5.01. The van der Waals surface area contributed by atoms with Gasteiger partial charge in [0.05, 0.1) is 12.1 Å². The minimum Gasteiger partial charge on any atom is -0.287 e. The molecule has 3 heteroatoms. The summed E-state index contributed by atoms with van der Waals surface area (Å²) in [5.74, 6) is 7.07. The van der Waals surface area contributed by atoms with Gasteiger partial charge in [0.1, 0.15) is 6.34 Å². The van der Waals surface area contributed by atoms with Crippen molar-refractivity contribution in [2.24, 2.45) is 52.3 Å². The van der Waals surface area contributed by atoms with E-state index in [9.17, 15) is 5.21 Å². The van der Waals surface area contributed by atoms with Gasteiger partial charge in [0.2, 0.25) is 0 Å². The molecule has 24 heavy (non-hydrogen) atoms. The van der Waals surface area contributed by atoms with E-state index in [1.54, 1.807) is 5.06 Å². The lowest BCUT2D eigenvalue weighted by molar-refractivity contribution is -0.146. The van der Waals surface area contributed by atoms with Crippen molar-refractivity contribution < 1.29 is 5.21 Å². The van der Waals surface area contributed by atoms with Gasteiger partial charge in [-0.05, 0) is 112 Å². The summed E-state index contributed by atoms with van der Waals surface area (Å²) < 4.78 is 0. The summed E-state index contributed by atoms with van der Waals surface area (Å²) in [5, 5.41) is 12.4. The highest BCUT2D eigenvalue weighted by atomic mass is 16.5. The number of hydroxylamine groups is 2. The van der Waals surface area contributed by atoms with Crippen LogP contribution in [0.15, 0.2) is 4.99 Å². The van der Waals surface area contributed by atoms with E-state index < -0.39 is 0 Å². The Morgan fingerprint density at radius 1 is 0.625 bits per heavy atom. The van der Waals surface area contributed by atoms with Gasteiger partial charge in [-0.3, -0.25) is 10.2 Å². The maximum atomic E-state index is 10.8. The zero-order valence-corrected chi connectivity index (χ0v) is 14.8. The second-order valence-electron chi connectivity index (χ2n) is 10.5. The quantitative estimate of drug-likeness (QED) is 0.475. The third-order valence-corrected chi connectivity index (χ3v) is 9.02. The van der Waals surface area contributed by atoms with Crippen LogP contribution in [0.5, 0.6) is 0 Å². The molecule has 0 atom stereocenters. The Hall–Kier alpha value is -0.570. The molecule has 3 nitrogen and oxygen atoms in total. The van der Waals surface area contributed by atoms with Crippen molar-refractivity contribution in [2.75, 3.05) is 0 Å². The van der Waals surface area contributed by atoms with E-state index in [-0.39, 0.29) is 0 Å². The molecule has 0 aromatic rings. The average Bonchev–Trinajstić information content (AvgIpc) is 2.52. The van der Waals surface area contributed by atoms with E-state index in [2.05, 4.69) is 0 Å². The van der Waals surface area contributed by atoms with E-state index in [0.717, 1.165) is 47.3 Å². The molecule has 0 spiro atoms. The lowest BCUT2D eigenvalue weighted by Crippen LogP contribution is -2.55. The van der Waals surface area contributed by atoms with Crippen molar-refractivity contribution in [3.05, 3.63) is 0 Å². The minimum atomic E-state index is 0.374. The van der Waals surface area contributed by atoms with Crippen LogP contribution in [0.25, 0.3) is 0 Å². The Kier molecular flexibility index (Phi) is 3.17. The van der Waals surface area contributed by atoms with Crippen LogP contribution in [-0.2, 0) is 0 Å². The molecule has 0 radical (unpaired) electrons. The van der Waals surface area contributed by atoms with Gasteiger partial charge >= 0.3 is 0 Å². The van der Waals surface area contributed by atoms with E-state index in [0.29, 0.717) is 12.1 Å². The molecule has 8 saturated carbocycles. The standard InChI is InChI=1S/C21H32N2O/c24-23(21-18-7-14-2-15(9-18)10-19(21)8-14)11-22-20-16-3-12-1-13(5-16)6-17(20)4-12/h11-21,24H,1-10H2. The largest absolute Gasteiger partial charge is 0.287 e. The van der Waals surface area contributed by atoms with Crippen LogP contribution in [0.2, 0.25) is 0 Å². The lowest BCUT2D eigenvalue weighted by atomic mass is 9.54. The van der Waals surface area contributed by atoms with Crippen molar-refractivity contribution in [3.8, 4) is 0 Å². The highest BCUT2D eigenvalue weighted by Gasteiger charge is 2.51. The first-order valence-electron chi connectivity index (χ1n) is 10.7. The summed E-state index contributed by atoms with van der Waals surface area (Å²) >= 11 is 0. The molecule has 0 heterocycles. The normalized spacial score (nSPS) is 57.2. The van der Waals surface area contributed by atoms with Crippen molar-refractivity contribution >= 4 is 6.34 Å². The van der Waals surface area contributed by atoms with Gasteiger partial charge in [-0.1, -0.05) is 0 Å². The van der Waals surface area contributed by atoms with Crippen LogP contribution >= 0.6 is 0 Å². The maximum Gasteiger partial charge on any atom is 0.110 e. The molecule has 1 N–H and O–H groups in total. The van der Waals surface area contributed by atoms with E-state index >= 15 is 0 Å². The van der Waals surface area contributed by atoms with Gasteiger partial charge in [0, 0.05) is 0 Å². The maximum absolute atomic E-state index is 10.8. The smallest absolute Gasteiger partial charge is 0.110 e. The fourth-order valence-corrected chi connectivity index (χ4v) is 8.69. The average molecular weight is 329 g/mol. The zero-order valence-electron chi connectivity index (χ0n) is 14.8. The number of hydrogen-bond donors (Lipinski definition) is 1. The monoisotopic (exact) mass is 328 g/mol. The summed E-state index contributed by atoms with van der Waals surface area (Å²) in [6.07, 6.45) is 16.0. The highest BCUT2D eigenvalue weighted by molar-refractivity contribution is 5.54. The molecule has 0 aromatic carbocycles. The molecule has 0 aromatic heterocycles. The predicted octanol–water partition coefficient (Wildman–Crippen LogP) is 4.36. The Morgan fingerprint density at radius 2 is 1.04 bits per heavy atom. The Bertz CT molecular complexity index is 488. The van der Waals surface area contributed by atoms with Crippen LogP contribution in [0, 0.1) is 47.3 Å². The first kappa shape index (κ1) is 14.6. The van der Waals surface area contributed by atoms with E-state index in [1.807, 2.05) is 6.34 Å². The van der Waals surface area contributed by atoms with Crippen LogP contribution in [-0.4, -0.2) is 28.7 Å². The van der Waals surface area contributed by atoms with Crippen LogP contribution in [0.4, 0.5) is 0 Å². The van der Waals surface area contributed by atoms with E-state index in [1.165, 1.54) is 64.2 Å². The Morgan fingerprint density at radius 3 is 1.50 bits per heavy atom. The molecule has 8 fully saturated rings. The molecule has 8 aliphatic rings. The molecule has 0 unspecified atom stereocenters. The number of hydrogen-bond acceptors (Lipinski definition) is 2. The van der Waals surface area contributed by atoms with Crippen molar-refractivity contribution in [1.29, 1.82) is 0 Å². The Balaban J connectivity index is 1.17. The van der Waals surface area contributed by atoms with Gasteiger partial charge in [-0.15, -0.1) is 0 Å². The first-order chi connectivity index (χ1) is 11.7. The number of nitrogens with zero attached hydrogens (tertiary/aromatic N) is 2. The molecule has 8 aliphatic carbocycles. The van der Waals surface area contributed by atoms with E-state index in [4.69, 9.17) is 4.99 Å². The van der Waals surface area contributed by atoms with Crippen LogP contribution in [0.1, 0.15) is 64.2 Å². The number of aliphatic imine (C=N–C) groups is 1. The Labute approximate surface area is 145 Å². The molecular formula is C21H32N2O. The topological polar surface area (TPSA) is 35.8 Å². The SMILES string of the molecule is ON(C=NC1C2CC3CC(C2)CC1C3)C1C2CC3CC(C2)CC1C3. The third-order valence-electron chi connectivity index (χ3n) is 9.02. The van der Waals surface area contributed by atoms with Gasteiger partial charge in [0.15, 0.2) is 0 Å². The van der Waals surface area contributed by atoms with Gasteiger partial charge in [-0.25, -0.2) is 5.06 Å². The van der Waals surface area contributed by atoms with Crippen LogP contribution in [0.3, 0.4) is 0 Å². The van der Waals surface area contributed by atoms with Crippen molar-refractivity contribution in [3.63, 3.8) is 0 Å². The van der Waals surface area contributed by atoms with Crippen LogP contribution < -0.4 is 0 Å².